The molecule has 1 saturated carbocycles. The van der Waals surface area contributed by atoms with Crippen LogP contribution in [0.2, 0.25) is 0 Å². The number of likely N-dealkylation sites (N-methyl/N-ethyl adjacent to an activating group) is 1. The molecule has 1 amide bonds. The lowest BCUT2D eigenvalue weighted by molar-refractivity contribution is -0.122. The topological polar surface area (TPSA) is 58.4 Å². The third kappa shape index (κ3) is 5.91. The fourth-order valence-electron chi connectivity index (χ4n) is 2.61. The second kappa shape index (κ2) is 9.08. The van der Waals surface area contributed by atoms with Crippen LogP contribution in [0.25, 0.3) is 0 Å². The van der Waals surface area contributed by atoms with Gasteiger partial charge in [0.1, 0.15) is 5.82 Å². The molecule has 1 aliphatic carbocycles. The van der Waals surface area contributed by atoms with Crippen molar-refractivity contribution in [1.82, 2.24) is 10.2 Å². The van der Waals surface area contributed by atoms with Crippen molar-refractivity contribution in [3.63, 3.8) is 0 Å². The van der Waals surface area contributed by atoms with Gasteiger partial charge < -0.3 is 11.1 Å². The number of carbonyl (C=O) groups excluding carboxylic acids is 1. The minimum absolute atomic E-state index is 0. The summed E-state index contributed by atoms with van der Waals surface area (Å²) in [6.45, 7) is 1.54. The van der Waals surface area contributed by atoms with E-state index in [1.54, 1.807) is 12.1 Å². The lowest BCUT2D eigenvalue weighted by Gasteiger charge is -2.26. The van der Waals surface area contributed by atoms with Crippen LogP contribution in [-0.4, -0.2) is 43.5 Å². The molecule has 0 spiro atoms. The molecule has 6 heteroatoms. The van der Waals surface area contributed by atoms with Crippen molar-refractivity contribution in [2.75, 3.05) is 26.7 Å². The normalized spacial score (nSPS) is 15.3. The molecule has 0 saturated heterocycles. The summed E-state index contributed by atoms with van der Waals surface area (Å²) in [5.74, 6) is 0.433. The highest BCUT2D eigenvalue weighted by Crippen LogP contribution is 2.34. The second-order valence-corrected chi connectivity index (χ2v) is 5.78. The lowest BCUT2D eigenvalue weighted by atomic mass is 10.1. The quantitative estimate of drug-likeness (QED) is 0.761. The average molecular weight is 330 g/mol. The number of carbonyl (C=O) groups is 1. The number of nitrogens with one attached hydrogen (secondary N) is 1. The summed E-state index contributed by atoms with van der Waals surface area (Å²) < 4.78 is 12.8. The first kappa shape index (κ1) is 18.9. The Kier molecular flexibility index (Phi) is 7.79. The van der Waals surface area contributed by atoms with Gasteiger partial charge in [-0.25, -0.2) is 4.39 Å². The molecule has 1 fully saturated rings. The Morgan fingerprint density at radius 1 is 1.41 bits per heavy atom. The predicted octanol–water partition coefficient (Wildman–Crippen LogP) is 1.58. The molecule has 0 bridgehead atoms. The van der Waals surface area contributed by atoms with Crippen LogP contribution in [0.1, 0.15) is 18.4 Å². The number of halogens is 2. The first-order valence-electron chi connectivity index (χ1n) is 7.51. The van der Waals surface area contributed by atoms with Crippen molar-refractivity contribution < 1.29 is 9.18 Å². The van der Waals surface area contributed by atoms with Crippen molar-refractivity contribution in [2.45, 2.75) is 25.3 Å². The smallest absolute Gasteiger partial charge is 0.234 e. The summed E-state index contributed by atoms with van der Waals surface area (Å²) in [6, 6.07) is 6.67. The van der Waals surface area contributed by atoms with Gasteiger partial charge in [-0.3, -0.25) is 9.69 Å². The lowest BCUT2D eigenvalue weighted by Crippen LogP contribution is -2.45. The standard InChI is InChI=1S/C16H24FN3O.ClH/c1-20(15(10-18)13-4-5-13)11-16(21)19-9-8-12-2-6-14(17)7-3-12;/h2-3,6-7,13,15H,4-5,8-11,18H2,1H3,(H,19,21);1H. The van der Waals surface area contributed by atoms with Crippen LogP contribution in [-0.2, 0) is 11.2 Å². The van der Waals surface area contributed by atoms with Gasteiger partial charge in [0, 0.05) is 19.1 Å². The van der Waals surface area contributed by atoms with Gasteiger partial charge in [0.2, 0.25) is 5.91 Å². The Labute approximate surface area is 137 Å². The molecule has 1 aliphatic rings. The van der Waals surface area contributed by atoms with Crippen molar-refractivity contribution in [3.8, 4) is 0 Å². The van der Waals surface area contributed by atoms with E-state index in [9.17, 15) is 9.18 Å². The SMILES string of the molecule is CN(CC(=O)NCCc1ccc(F)cc1)C(CN)C1CC1.Cl. The van der Waals surface area contributed by atoms with Gasteiger partial charge in [-0.2, -0.15) is 0 Å². The molecule has 0 radical (unpaired) electrons. The Morgan fingerprint density at radius 3 is 2.59 bits per heavy atom. The van der Waals surface area contributed by atoms with E-state index in [4.69, 9.17) is 5.73 Å². The molecule has 4 nitrogen and oxygen atoms in total. The summed E-state index contributed by atoms with van der Waals surface area (Å²) in [6.07, 6.45) is 3.15. The van der Waals surface area contributed by atoms with Crippen molar-refractivity contribution in [1.29, 1.82) is 0 Å². The number of benzene rings is 1. The molecule has 22 heavy (non-hydrogen) atoms. The largest absolute Gasteiger partial charge is 0.355 e. The summed E-state index contributed by atoms with van der Waals surface area (Å²) in [7, 11) is 1.95. The maximum absolute atomic E-state index is 12.8. The number of amides is 1. The molecule has 0 aliphatic heterocycles. The zero-order chi connectivity index (χ0) is 15.2. The number of nitrogens with zero attached hydrogens (tertiary/aromatic N) is 1. The molecule has 1 aromatic carbocycles. The van der Waals surface area contributed by atoms with Gasteiger partial charge in [0.05, 0.1) is 6.54 Å². The van der Waals surface area contributed by atoms with Gasteiger partial charge in [0.25, 0.3) is 0 Å². The van der Waals surface area contributed by atoms with E-state index in [1.165, 1.54) is 25.0 Å². The van der Waals surface area contributed by atoms with Crippen LogP contribution in [0.4, 0.5) is 4.39 Å². The van der Waals surface area contributed by atoms with E-state index in [1.807, 2.05) is 11.9 Å². The van der Waals surface area contributed by atoms with Gasteiger partial charge in [-0.05, 0) is 49.9 Å². The minimum atomic E-state index is -0.239. The third-order valence-electron chi connectivity index (χ3n) is 4.02. The first-order valence-corrected chi connectivity index (χ1v) is 7.51. The minimum Gasteiger partial charge on any atom is -0.355 e. The zero-order valence-corrected chi connectivity index (χ0v) is 13.7. The molecule has 124 valence electrons. The van der Waals surface area contributed by atoms with Crippen molar-refractivity contribution >= 4 is 18.3 Å². The number of rotatable bonds is 8. The Bertz CT molecular complexity index is 465. The first-order chi connectivity index (χ1) is 10.1. The highest BCUT2D eigenvalue weighted by Gasteiger charge is 2.33. The fraction of sp³-hybridized carbons (Fsp3) is 0.562. The van der Waals surface area contributed by atoms with Crippen LogP contribution in [0.15, 0.2) is 24.3 Å². The zero-order valence-electron chi connectivity index (χ0n) is 12.9. The fourth-order valence-corrected chi connectivity index (χ4v) is 2.61. The second-order valence-electron chi connectivity index (χ2n) is 5.78. The summed E-state index contributed by atoms with van der Waals surface area (Å²) in [5, 5.41) is 2.90. The number of nitrogens with two attached hydrogens (primary N) is 1. The third-order valence-corrected chi connectivity index (χ3v) is 4.02. The van der Waals surface area contributed by atoms with Crippen LogP contribution >= 0.6 is 12.4 Å². The van der Waals surface area contributed by atoms with E-state index in [0.29, 0.717) is 38.0 Å². The van der Waals surface area contributed by atoms with Crippen LogP contribution in [0, 0.1) is 11.7 Å². The summed E-state index contributed by atoms with van der Waals surface area (Å²) in [4.78, 5) is 14.0. The van der Waals surface area contributed by atoms with Crippen molar-refractivity contribution in [3.05, 3.63) is 35.6 Å². The maximum atomic E-state index is 12.8. The molecular weight excluding hydrogens is 305 g/mol. The molecule has 0 aromatic heterocycles. The van der Waals surface area contributed by atoms with E-state index in [0.717, 1.165) is 5.56 Å². The molecule has 1 aromatic rings. The van der Waals surface area contributed by atoms with Crippen LogP contribution in [0.3, 0.4) is 0 Å². The summed E-state index contributed by atoms with van der Waals surface area (Å²) >= 11 is 0. The molecule has 2 rings (SSSR count). The van der Waals surface area contributed by atoms with Crippen molar-refractivity contribution in [2.24, 2.45) is 11.7 Å². The van der Waals surface area contributed by atoms with E-state index < -0.39 is 0 Å². The van der Waals surface area contributed by atoms with Gasteiger partial charge in [0.15, 0.2) is 0 Å². The molecule has 1 atom stereocenters. The molecular formula is C16H25ClFN3O. The monoisotopic (exact) mass is 329 g/mol. The maximum Gasteiger partial charge on any atom is 0.234 e. The van der Waals surface area contributed by atoms with Crippen LogP contribution < -0.4 is 11.1 Å². The number of hydrogen-bond donors (Lipinski definition) is 2. The Hall–Kier alpha value is -1.17. The molecule has 1 unspecified atom stereocenters. The van der Waals surface area contributed by atoms with E-state index in [2.05, 4.69) is 5.32 Å². The van der Waals surface area contributed by atoms with Gasteiger partial charge >= 0.3 is 0 Å². The van der Waals surface area contributed by atoms with Gasteiger partial charge in [-0.15, -0.1) is 12.4 Å². The highest BCUT2D eigenvalue weighted by molar-refractivity contribution is 5.85. The molecule has 3 N–H and O–H groups in total. The summed E-state index contributed by atoms with van der Waals surface area (Å²) in [5.41, 5.74) is 6.79. The average Bonchev–Trinajstić information content (AvgIpc) is 3.26. The van der Waals surface area contributed by atoms with Gasteiger partial charge in [-0.1, -0.05) is 12.1 Å². The Morgan fingerprint density at radius 2 is 2.05 bits per heavy atom. The molecule has 0 heterocycles. The van der Waals surface area contributed by atoms with E-state index >= 15 is 0 Å². The number of hydrogen-bond acceptors (Lipinski definition) is 3. The highest BCUT2D eigenvalue weighted by atomic mass is 35.5. The Balaban J connectivity index is 0.00000242. The van der Waals surface area contributed by atoms with Crippen LogP contribution in [0.5, 0.6) is 0 Å². The predicted molar refractivity (Wildman–Crippen MR) is 88.6 cm³/mol. The van der Waals surface area contributed by atoms with E-state index in [-0.39, 0.29) is 24.1 Å².